The van der Waals surface area contributed by atoms with Crippen LogP contribution in [-0.2, 0) is 17.8 Å². The summed E-state index contributed by atoms with van der Waals surface area (Å²) >= 11 is 1.24. The molecule has 2 aromatic heterocycles. The topological polar surface area (TPSA) is 113 Å². The van der Waals surface area contributed by atoms with Crippen LogP contribution in [0.4, 0.5) is 5.13 Å². The molecule has 0 saturated carbocycles. The molecule has 1 aromatic carbocycles. The van der Waals surface area contributed by atoms with Gasteiger partial charge in [0.15, 0.2) is 10.9 Å². The summed E-state index contributed by atoms with van der Waals surface area (Å²) in [5.74, 6) is -0.550. The molecule has 8 nitrogen and oxygen atoms in total. The van der Waals surface area contributed by atoms with Crippen LogP contribution in [0.15, 0.2) is 52.5 Å². The highest BCUT2D eigenvalue weighted by Gasteiger charge is 2.13. The van der Waals surface area contributed by atoms with Crippen molar-refractivity contribution in [3.05, 3.63) is 70.6 Å². The van der Waals surface area contributed by atoms with E-state index >= 15 is 0 Å². The zero-order chi connectivity index (χ0) is 19.9. The smallest absolute Gasteiger partial charge is 0.293 e. The van der Waals surface area contributed by atoms with E-state index in [1.54, 1.807) is 48.8 Å². The van der Waals surface area contributed by atoms with Gasteiger partial charge in [0.25, 0.3) is 11.8 Å². The van der Waals surface area contributed by atoms with E-state index in [-0.39, 0.29) is 24.0 Å². The molecule has 0 atom stereocenters. The first-order valence-electron chi connectivity index (χ1n) is 8.42. The van der Waals surface area contributed by atoms with Crippen LogP contribution in [0.2, 0.25) is 0 Å². The Labute approximate surface area is 165 Å². The fourth-order valence-corrected chi connectivity index (χ4v) is 3.06. The van der Waals surface area contributed by atoms with E-state index in [9.17, 15) is 14.4 Å². The van der Waals surface area contributed by atoms with Crippen LogP contribution in [-0.4, -0.2) is 29.8 Å². The van der Waals surface area contributed by atoms with Gasteiger partial charge < -0.3 is 15.1 Å². The van der Waals surface area contributed by atoms with Gasteiger partial charge in [0, 0.05) is 24.5 Å². The fraction of sp³-hybridized carbons (Fsp3) is 0.158. The molecule has 0 unspecified atom stereocenters. The molecule has 0 spiro atoms. The third-order valence-electron chi connectivity index (χ3n) is 3.79. The molecule has 0 fully saturated rings. The van der Waals surface area contributed by atoms with E-state index in [0.29, 0.717) is 22.9 Å². The average Bonchev–Trinajstić information content (AvgIpc) is 3.38. The van der Waals surface area contributed by atoms with Gasteiger partial charge in [0.05, 0.1) is 18.4 Å². The lowest BCUT2D eigenvalue weighted by atomic mass is 10.1. The number of aromatic nitrogens is 1. The van der Waals surface area contributed by atoms with Crippen molar-refractivity contribution in [1.82, 2.24) is 15.6 Å². The number of amides is 3. The molecule has 3 N–H and O–H groups in total. The Morgan fingerprint density at radius 2 is 1.89 bits per heavy atom. The summed E-state index contributed by atoms with van der Waals surface area (Å²) in [5, 5.41) is 10.1. The predicted octanol–water partition coefficient (Wildman–Crippen LogP) is 2.21. The number of hydrogen-bond acceptors (Lipinski definition) is 6. The van der Waals surface area contributed by atoms with Crippen molar-refractivity contribution in [1.29, 1.82) is 0 Å². The Bertz CT molecular complexity index is 964. The minimum Gasteiger partial charge on any atom is -0.459 e. The first-order valence-corrected chi connectivity index (χ1v) is 9.30. The molecule has 2 heterocycles. The highest BCUT2D eigenvalue weighted by molar-refractivity contribution is 7.14. The number of nitrogens with one attached hydrogen (secondary N) is 3. The van der Waals surface area contributed by atoms with E-state index in [1.807, 2.05) is 0 Å². The number of furan rings is 1. The zero-order valence-corrected chi connectivity index (χ0v) is 15.8. The number of carbonyl (C=O) groups excluding carboxylic acids is 3. The number of anilines is 1. The Morgan fingerprint density at radius 1 is 1.11 bits per heavy atom. The quantitative estimate of drug-likeness (QED) is 0.565. The Balaban J connectivity index is 1.48. The second-order valence-corrected chi connectivity index (χ2v) is 6.66. The Morgan fingerprint density at radius 3 is 2.57 bits per heavy atom. The number of hydrogen-bond donors (Lipinski definition) is 3. The van der Waals surface area contributed by atoms with Crippen molar-refractivity contribution in [2.75, 3.05) is 12.4 Å². The fourth-order valence-electron chi connectivity index (χ4n) is 2.36. The van der Waals surface area contributed by atoms with Crippen molar-refractivity contribution in [2.45, 2.75) is 13.0 Å². The number of benzene rings is 1. The summed E-state index contributed by atoms with van der Waals surface area (Å²) < 4.78 is 5.02. The first kappa shape index (κ1) is 19.3. The van der Waals surface area contributed by atoms with Gasteiger partial charge in [-0.2, -0.15) is 0 Å². The molecule has 9 heteroatoms. The van der Waals surface area contributed by atoms with Gasteiger partial charge in [-0.15, -0.1) is 11.3 Å². The minimum atomic E-state index is -0.393. The van der Waals surface area contributed by atoms with E-state index in [4.69, 9.17) is 4.42 Å². The van der Waals surface area contributed by atoms with E-state index in [2.05, 4.69) is 20.9 Å². The lowest BCUT2D eigenvalue weighted by Crippen LogP contribution is -2.24. The largest absolute Gasteiger partial charge is 0.459 e. The molecule has 0 bridgehead atoms. The lowest BCUT2D eigenvalue weighted by molar-refractivity contribution is -0.120. The number of nitrogens with zero attached hydrogens (tertiary/aromatic N) is 1. The summed E-state index contributed by atoms with van der Waals surface area (Å²) in [6, 6.07) is 10.2. The van der Waals surface area contributed by atoms with Crippen LogP contribution in [0.5, 0.6) is 0 Å². The van der Waals surface area contributed by atoms with Gasteiger partial charge in [-0.1, -0.05) is 12.1 Å². The second-order valence-electron chi connectivity index (χ2n) is 5.80. The molecule has 3 rings (SSSR count). The monoisotopic (exact) mass is 398 g/mol. The van der Waals surface area contributed by atoms with Crippen molar-refractivity contribution in [2.24, 2.45) is 0 Å². The standard InChI is InChI=1S/C19H18N4O4S/c1-20-17(25)13-6-4-12(5-7-13)10-21-16(24)9-14-11-28-19(22-14)23-18(26)15-3-2-8-27-15/h2-8,11H,9-10H2,1H3,(H,20,25)(H,21,24)(H,22,23,26). The van der Waals surface area contributed by atoms with E-state index in [1.165, 1.54) is 17.6 Å². The summed E-state index contributed by atoms with van der Waals surface area (Å²) in [7, 11) is 1.57. The molecule has 3 aromatic rings. The van der Waals surface area contributed by atoms with Crippen LogP contribution in [0.1, 0.15) is 32.2 Å². The zero-order valence-electron chi connectivity index (χ0n) is 15.0. The highest BCUT2D eigenvalue weighted by atomic mass is 32.1. The van der Waals surface area contributed by atoms with Gasteiger partial charge in [-0.3, -0.25) is 19.7 Å². The van der Waals surface area contributed by atoms with Crippen LogP contribution in [0.3, 0.4) is 0 Å². The Kier molecular flexibility index (Phi) is 6.18. The molecule has 0 aliphatic rings. The summed E-state index contributed by atoms with van der Waals surface area (Å²) in [4.78, 5) is 39.8. The molecular weight excluding hydrogens is 380 g/mol. The number of thiazole rings is 1. The second kappa shape index (κ2) is 8.96. The molecule has 144 valence electrons. The maximum Gasteiger partial charge on any atom is 0.293 e. The number of carbonyl (C=O) groups is 3. The molecule has 3 amide bonds. The molecule has 0 aliphatic heterocycles. The van der Waals surface area contributed by atoms with Crippen LogP contribution in [0, 0.1) is 0 Å². The third-order valence-corrected chi connectivity index (χ3v) is 4.60. The van der Waals surface area contributed by atoms with Gasteiger partial charge in [0.2, 0.25) is 5.91 Å². The van der Waals surface area contributed by atoms with Gasteiger partial charge in [-0.05, 0) is 29.8 Å². The summed E-state index contributed by atoms with van der Waals surface area (Å²) in [6.45, 7) is 0.346. The van der Waals surface area contributed by atoms with Crippen LogP contribution in [0.25, 0.3) is 0 Å². The third kappa shape index (κ3) is 5.04. The Hall–Kier alpha value is -3.46. The highest BCUT2D eigenvalue weighted by Crippen LogP contribution is 2.17. The molecular formula is C19H18N4O4S. The SMILES string of the molecule is CNC(=O)c1ccc(CNC(=O)Cc2csc(NC(=O)c3ccco3)n2)cc1. The maximum atomic E-state index is 12.1. The number of rotatable bonds is 7. The molecule has 0 saturated heterocycles. The van der Waals surface area contributed by atoms with Gasteiger partial charge in [0.1, 0.15) is 0 Å². The molecule has 0 radical (unpaired) electrons. The predicted molar refractivity (Wildman–Crippen MR) is 104 cm³/mol. The van der Waals surface area contributed by atoms with Crippen molar-refractivity contribution in [3.8, 4) is 0 Å². The molecule has 0 aliphatic carbocycles. The van der Waals surface area contributed by atoms with Crippen molar-refractivity contribution >= 4 is 34.2 Å². The first-order chi connectivity index (χ1) is 13.5. The maximum absolute atomic E-state index is 12.1. The van der Waals surface area contributed by atoms with Crippen molar-refractivity contribution < 1.29 is 18.8 Å². The van der Waals surface area contributed by atoms with Gasteiger partial charge in [-0.25, -0.2) is 4.98 Å². The normalized spacial score (nSPS) is 10.3. The average molecular weight is 398 g/mol. The minimum absolute atomic E-state index is 0.101. The van der Waals surface area contributed by atoms with E-state index < -0.39 is 5.91 Å². The molecule has 28 heavy (non-hydrogen) atoms. The van der Waals surface area contributed by atoms with E-state index in [0.717, 1.165) is 5.56 Å². The van der Waals surface area contributed by atoms with Gasteiger partial charge >= 0.3 is 0 Å². The summed E-state index contributed by atoms with van der Waals surface area (Å²) in [6.07, 6.45) is 1.52. The lowest BCUT2D eigenvalue weighted by Gasteiger charge is -2.05. The van der Waals surface area contributed by atoms with Crippen LogP contribution >= 0.6 is 11.3 Å². The van der Waals surface area contributed by atoms with Crippen molar-refractivity contribution in [3.63, 3.8) is 0 Å². The van der Waals surface area contributed by atoms with Crippen LogP contribution < -0.4 is 16.0 Å². The summed E-state index contributed by atoms with van der Waals surface area (Å²) in [5.41, 5.74) is 2.00.